The summed E-state index contributed by atoms with van der Waals surface area (Å²) in [5.74, 6) is 0. The van der Waals surface area contributed by atoms with Crippen LogP contribution in [0.3, 0.4) is 0 Å². The Morgan fingerprint density at radius 2 is 1.08 bits per heavy atom. The molecule has 0 atom stereocenters. The molecule has 2 nitrogen and oxygen atoms in total. The Morgan fingerprint density at radius 1 is 0.769 bits per heavy atom. The zero-order chi connectivity index (χ0) is 10.3. The van der Waals surface area contributed by atoms with Gasteiger partial charge in [-0.3, -0.25) is 0 Å². The van der Waals surface area contributed by atoms with Crippen molar-refractivity contribution in [2.24, 2.45) is 0 Å². The van der Waals surface area contributed by atoms with Crippen molar-refractivity contribution in [3.05, 3.63) is 0 Å². The Hall–Kier alpha value is 0.970. The van der Waals surface area contributed by atoms with Gasteiger partial charge in [0.05, 0.1) is 0 Å². The number of hydrogen-bond acceptors (Lipinski definition) is 3. The molecule has 0 aromatic carbocycles. The molecule has 1 aliphatic rings. The quantitative estimate of drug-likeness (QED) is 0.687. The van der Waals surface area contributed by atoms with Gasteiger partial charge in [0.25, 0.3) is 0 Å². The van der Waals surface area contributed by atoms with E-state index in [0.29, 0.717) is 0 Å². The molecule has 0 saturated carbocycles. The van der Waals surface area contributed by atoms with Gasteiger partial charge in [-0.05, 0) is 37.5 Å². The minimum atomic E-state index is -0.528. The molecule has 0 amide bonds. The minimum Gasteiger partial charge on any atom is -0.198 e. The standard InChI is InChI=1S/C8H22N2S3/c1-12(2,3)9-7-8-10(11-9)13(4,5)6/h7-8H2,1-6H3. The fraction of sp³-hybridized carbons (Fsp3) is 1.00. The van der Waals surface area contributed by atoms with E-state index >= 15 is 0 Å². The van der Waals surface area contributed by atoms with E-state index < -0.39 is 20.4 Å². The molecule has 0 N–H and O–H groups in total. The number of nitrogens with zero attached hydrogens (tertiary/aromatic N) is 2. The van der Waals surface area contributed by atoms with E-state index in [2.05, 4.69) is 45.0 Å². The summed E-state index contributed by atoms with van der Waals surface area (Å²) in [7, 11) is -1.06. The van der Waals surface area contributed by atoms with Gasteiger partial charge >= 0.3 is 0 Å². The molecule has 5 heteroatoms. The molecule has 1 heterocycles. The van der Waals surface area contributed by atoms with Crippen molar-refractivity contribution in [2.45, 2.75) is 0 Å². The van der Waals surface area contributed by atoms with E-state index in [9.17, 15) is 0 Å². The van der Waals surface area contributed by atoms with Crippen molar-refractivity contribution >= 4 is 32.6 Å². The summed E-state index contributed by atoms with van der Waals surface area (Å²) in [6.45, 7) is 2.46. The average molecular weight is 242 g/mol. The highest BCUT2D eigenvalue weighted by molar-refractivity contribution is 8.39. The lowest BCUT2D eigenvalue weighted by Gasteiger charge is -2.39. The number of hydrogen-bond donors (Lipinski definition) is 0. The fourth-order valence-corrected chi connectivity index (χ4v) is 5.09. The third-order valence-corrected chi connectivity index (χ3v) is 8.49. The monoisotopic (exact) mass is 242 g/mol. The molecule has 1 saturated heterocycles. The average Bonchev–Trinajstić information content (AvgIpc) is 2.28. The van der Waals surface area contributed by atoms with E-state index in [0.717, 1.165) is 0 Å². The van der Waals surface area contributed by atoms with E-state index in [1.54, 1.807) is 0 Å². The summed E-state index contributed by atoms with van der Waals surface area (Å²) >= 11 is 1.97. The van der Waals surface area contributed by atoms with E-state index in [1.165, 1.54) is 13.1 Å². The Morgan fingerprint density at radius 3 is 1.23 bits per heavy atom. The molecule has 0 aromatic rings. The molecule has 0 bridgehead atoms. The Balaban J connectivity index is 2.55. The maximum absolute atomic E-state index is 2.56. The first-order chi connectivity index (χ1) is 5.71. The second-order valence-electron chi connectivity index (χ2n) is 4.74. The van der Waals surface area contributed by atoms with Crippen LogP contribution in [0, 0.1) is 0 Å². The van der Waals surface area contributed by atoms with Crippen molar-refractivity contribution < 1.29 is 0 Å². The molecule has 0 spiro atoms. The van der Waals surface area contributed by atoms with Crippen LogP contribution in [-0.2, 0) is 0 Å². The van der Waals surface area contributed by atoms with Crippen LogP contribution in [0.25, 0.3) is 0 Å². The van der Waals surface area contributed by atoms with Crippen LogP contribution in [-0.4, -0.2) is 58.0 Å². The molecule has 0 aromatic heterocycles. The second-order valence-corrected chi connectivity index (χ2v) is 14.2. The summed E-state index contributed by atoms with van der Waals surface area (Å²) in [6, 6.07) is 0. The topological polar surface area (TPSA) is 6.48 Å². The minimum absolute atomic E-state index is 0.528. The van der Waals surface area contributed by atoms with Crippen LogP contribution >= 0.6 is 32.6 Å². The first-order valence-electron chi connectivity index (χ1n) is 4.31. The molecular weight excluding hydrogens is 220 g/mol. The third kappa shape index (κ3) is 3.23. The van der Waals surface area contributed by atoms with Crippen molar-refractivity contribution in [1.29, 1.82) is 0 Å². The van der Waals surface area contributed by atoms with Crippen molar-refractivity contribution in [2.75, 3.05) is 50.6 Å². The maximum Gasteiger partial charge on any atom is 0.0345 e. The van der Waals surface area contributed by atoms with Crippen LogP contribution in [0.4, 0.5) is 0 Å². The summed E-state index contributed by atoms with van der Waals surface area (Å²) in [5, 5.41) is 0. The molecule has 0 unspecified atom stereocenters. The Labute approximate surface area is 90.6 Å². The van der Waals surface area contributed by atoms with Gasteiger partial charge in [0.15, 0.2) is 0 Å². The van der Waals surface area contributed by atoms with Crippen LogP contribution in [0.5, 0.6) is 0 Å². The number of rotatable bonds is 2. The highest BCUT2D eigenvalue weighted by Crippen LogP contribution is 2.55. The lowest BCUT2D eigenvalue weighted by atomic mass is 10.7. The molecule has 13 heavy (non-hydrogen) atoms. The molecule has 1 aliphatic heterocycles. The SMILES string of the molecule is CS(C)(C)N1CCN(S(C)(C)C)S1. The van der Waals surface area contributed by atoms with Gasteiger partial charge in [0, 0.05) is 25.2 Å². The van der Waals surface area contributed by atoms with E-state index in [-0.39, 0.29) is 0 Å². The molecule has 1 rings (SSSR count). The largest absolute Gasteiger partial charge is 0.198 e. The van der Waals surface area contributed by atoms with Gasteiger partial charge < -0.3 is 0 Å². The summed E-state index contributed by atoms with van der Waals surface area (Å²) < 4.78 is 5.12. The first-order valence-corrected chi connectivity index (χ1v) is 10.7. The van der Waals surface area contributed by atoms with Crippen LogP contribution in [0.2, 0.25) is 0 Å². The van der Waals surface area contributed by atoms with Gasteiger partial charge in [-0.1, -0.05) is 0 Å². The zero-order valence-corrected chi connectivity index (χ0v) is 12.0. The molecule has 0 aliphatic carbocycles. The summed E-state index contributed by atoms with van der Waals surface area (Å²) in [6.07, 6.45) is 14.2. The van der Waals surface area contributed by atoms with E-state index in [1.807, 2.05) is 12.1 Å². The second kappa shape index (κ2) is 3.85. The van der Waals surface area contributed by atoms with Crippen molar-refractivity contribution in [3.8, 4) is 0 Å². The van der Waals surface area contributed by atoms with Crippen LogP contribution in [0.15, 0.2) is 0 Å². The maximum atomic E-state index is 2.56. The highest BCUT2D eigenvalue weighted by atomic mass is 32.3. The van der Waals surface area contributed by atoms with Crippen LogP contribution < -0.4 is 0 Å². The molecule has 0 radical (unpaired) electrons. The Bertz CT molecular complexity index is 163. The van der Waals surface area contributed by atoms with Crippen molar-refractivity contribution in [1.82, 2.24) is 7.42 Å². The molecule has 1 fully saturated rings. The van der Waals surface area contributed by atoms with Crippen LogP contribution in [0.1, 0.15) is 0 Å². The van der Waals surface area contributed by atoms with Gasteiger partial charge in [-0.25, -0.2) is 0 Å². The van der Waals surface area contributed by atoms with Gasteiger partial charge in [0.2, 0.25) is 0 Å². The summed E-state index contributed by atoms with van der Waals surface area (Å²) in [5.41, 5.74) is 0. The highest BCUT2D eigenvalue weighted by Gasteiger charge is 2.31. The fourth-order valence-electron chi connectivity index (χ4n) is 1.09. The Kier molecular flexibility index (Phi) is 3.57. The van der Waals surface area contributed by atoms with Crippen molar-refractivity contribution in [3.63, 3.8) is 0 Å². The predicted molar refractivity (Wildman–Crippen MR) is 71.7 cm³/mol. The summed E-state index contributed by atoms with van der Waals surface area (Å²) in [4.78, 5) is 0. The lowest BCUT2D eigenvalue weighted by molar-refractivity contribution is 0.703. The van der Waals surface area contributed by atoms with Gasteiger partial charge in [-0.15, -0.1) is 0 Å². The lowest BCUT2D eigenvalue weighted by Crippen LogP contribution is -2.16. The van der Waals surface area contributed by atoms with E-state index in [4.69, 9.17) is 0 Å². The zero-order valence-electron chi connectivity index (χ0n) is 9.53. The smallest absolute Gasteiger partial charge is 0.0345 e. The van der Waals surface area contributed by atoms with Gasteiger partial charge in [0.1, 0.15) is 0 Å². The first kappa shape index (κ1) is 12.0. The third-order valence-electron chi connectivity index (χ3n) is 1.87. The molecular formula is C8H22N2S3. The van der Waals surface area contributed by atoms with Gasteiger partial charge in [-0.2, -0.15) is 27.8 Å². The molecule has 82 valence electrons. The normalized spacial score (nSPS) is 25.1. The predicted octanol–water partition coefficient (Wildman–Crippen LogP) is 2.39.